The topological polar surface area (TPSA) is 69.0 Å². The largest absolute Gasteiger partial charge is 0.469 e. The van der Waals surface area contributed by atoms with Gasteiger partial charge in [-0.1, -0.05) is 0 Å². The second-order valence-electron chi connectivity index (χ2n) is 3.59. The van der Waals surface area contributed by atoms with Crippen molar-refractivity contribution in [2.45, 2.75) is 13.0 Å². The highest BCUT2D eigenvalue weighted by Crippen LogP contribution is 2.15. The monoisotopic (exact) mass is 266 g/mol. The summed E-state index contributed by atoms with van der Waals surface area (Å²) >= 11 is 1.48. The molecule has 0 unspecified atom stereocenters. The Morgan fingerprint density at radius 2 is 2.50 bits per heavy atom. The second-order valence-corrected chi connectivity index (χ2v) is 4.45. The molecule has 2 aromatic heterocycles. The van der Waals surface area contributed by atoms with Crippen molar-refractivity contribution in [3.05, 3.63) is 29.5 Å². The number of nitrogens with zero attached hydrogens (tertiary/aromatic N) is 3. The normalized spacial score (nSPS) is 10.3. The van der Waals surface area contributed by atoms with E-state index in [1.54, 1.807) is 6.20 Å². The molecule has 0 aliphatic heterocycles. The van der Waals surface area contributed by atoms with Crippen LogP contribution >= 0.6 is 11.3 Å². The van der Waals surface area contributed by atoms with E-state index in [4.69, 9.17) is 0 Å². The molecular weight excluding hydrogens is 252 g/mol. The van der Waals surface area contributed by atoms with Crippen molar-refractivity contribution in [2.75, 3.05) is 19.0 Å². The standard InChI is InChI=1S/C11H14N4O2S/c1-17-10(16)7-9-8-18-11(14-9)12-4-6-15-5-2-3-13-15/h2-3,5,8H,4,6-7H2,1H3,(H,12,14). The van der Waals surface area contributed by atoms with E-state index in [9.17, 15) is 4.79 Å². The Bertz CT molecular complexity index is 495. The number of methoxy groups -OCH3 is 1. The summed E-state index contributed by atoms with van der Waals surface area (Å²) in [6.07, 6.45) is 3.87. The van der Waals surface area contributed by atoms with E-state index < -0.39 is 0 Å². The number of hydrogen-bond donors (Lipinski definition) is 1. The molecule has 96 valence electrons. The molecule has 0 saturated heterocycles. The van der Waals surface area contributed by atoms with Crippen molar-refractivity contribution in [2.24, 2.45) is 0 Å². The van der Waals surface area contributed by atoms with Crippen LogP contribution in [0.3, 0.4) is 0 Å². The number of carbonyl (C=O) groups excluding carboxylic acids is 1. The zero-order valence-corrected chi connectivity index (χ0v) is 10.8. The van der Waals surface area contributed by atoms with E-state index >= 15 is 0 Å². The van der Waals surface area contributed by atoms with E-state index in [0.29, 0.717) is 0 Å². The molecule has 0 radical (unpaired) electrons. The van der Waals surface area contributed by atoms with Gasteiger partial charge in [0.2, 0.25) is 0 Å². The maximum absolute atomic E-state index is 11.1. The molecule has 0 fully saturated rings. The fourth-order valence-corrected chi connectivity index (χ4v) is 2.14. The van der Waals surface area contributed by atoms with Crippen molar-refractivity contribution in [1.82, 2.24) is 14.8 Å². The molecule has 2 rings (SSSR count). The number of anilines is 1. The summed E-state index contributed by atoms with van der Waals surface area (Å²) in [4.78, 5) is 15.4. The molecule has 0 atom stereocenters. The van der Waals surface area contributed by atoms with Gasteiger partial charge in [0.25, 0.3) is 0 Å². The molecule has 6 nitrogen and oxygen atoms in total. The minimum atomic E-state index is -0.275. The fourth-order valence-electron chi connectivity index (χ4n) is 1.40. The average molecular weight is 266 g/mol. The third-order valence-corrected chi connectivity index (χ3v) is 3.13. The minimum Gasteiger partial charge on any atom is -0.469 e. The van der Waals surface area contributed by atoms with Crippen LogP contribution in [0.4, 0.5) is 5.13 Å². The summed E-state index contributed by atoms with van der Waals surface area (Å²) < 4.78 is 6.43. The predicted octanol–water partition coefficient (Wildman–Crippen LogP) is 1.17. The Kier molecular flexibility index (Phi) is 4.30. The molecule has 0 amide bonds. The quantitative estimate of drug-likeness (QED) is 0.795. The van der Waals surface area contributed by atoms with Crippen LogP contribution in [0.25, 0.3) is 0 Å². The Labute approximate surface area is 109 Å². The third kappa shape index (κ3) is 3.56. The van der Waals surface area contributed by atoms with E-state index in [2.05, 4.69) is 20.1 Å². The van der Waals surface area contributed by atoms with Gasteiger partial charge in [-0.15, -0.1) is 11.3 Å². The molecule has 0 aliphatic rings. The maximum atomic E-state index is 11.1. The molecule has 1 N–H and O–H groups in total. The first-order valence-electron chi connectivity index (χ1n) is 5.50. The van der Waals surface area contributed by atoms with Crippen molar-refractivity contribution in [3.63, 3.8) is 0 Å². The number of esters is 1. The molecular formula is C11H14N4O2S. The SMILES string of the molecule is COC(=O)Cc1csc(NCCn2cccn2)n1. The van der Waals surface area contributed by atoms with Crippen molar-refractivity contribution < 1.29 is 9.53 Å². The minimum absolute atomic E-state index is 0.216. The van der Waals surface area contributed by atoms with Gasteiger partial charge in [0.1, 0.15) is 0 Å². The second kappa shape index (κ2) is 6.15. The maximum Gasteiger partial charge on any atom is 0.311 e. The summed E-state index contributed by atoms with van der Waals surface area (Å²) in [5, 5.41) is 9.95. The Hall–Kier alpha value is -1.89. The van der Waals surface area contributed by atoms with Crippen LogP contribution in [-0.2, 0) is 22.5 Å². The molecule has 0 aromatic carbocycles. The molecule has 7 heteroatoms. The van der Waals surface area contributed by atoms with Gasteiger partial charge < -0.3 is 10.1 Å². The van der Waals surface area contributed by atoms with Crippen LogP contribution in [0, 0.1) is 0 Å². The number of hydrogen-bond acceptors (Lipinski definition) is 6. The summed E-state index contributed by atoms with van der Waals surface area (Å²) in [6.45, 7) is 1.52. The number of ether oxygens (including phenoxy) is 1. The first-order chi connectivity index (χ1) is 8.78. The first-order valence-corrected chi connectivity index (χ1v) is 6.38. The van der Waals surface area contributed by atoms with Gasteiger partial charge in [0, 0.05) is 24.3 Å². The zero-order chi connectivity index (χ0) is 12.8. The number of rotatable bonds is 6. The Morgan fingerprint density at radius 3 is 3.22 bits per heavy atom. The summed E-state index contributed by atoms with van der Waals surface area (Å²) in [5.41, 5.74) is 0.730. The molecule has 0 aliphatic carbocycles. The van der Waals surface area contributed by atoms with E-state index in [0.717, 1.165) is 23.9 Å². The zero-order valence-electron chi connectivity index (χ0n) is 10.00. The van der Waals surface area contributed by atoms with E-state index in [-0.39, 0.29) is 12.4 Å². The van der Waals surface area contributed by atoms with Crippen molar-refractivity contribution in [1.29, 1.82) is 0 Å². The predicted molar refractivity (Wildman–Crippen MR) is 68.6 cm³/mol. The Balaban J connectivity index is 1.78. The van der Waals surface area contributed by atoms with Crippen LogP contribution in [0.15, 0.2) is 23.8 Å². The van der Waals surface area contributed by atoms with Crippen molar-refractivity contribution >= 4 is 22.4 Å². The summed E-state index contributed by atoms with van der Waals surface area (Å²) in [7, 11) is 1.37. The number of nitrogens with one attached hydrogen (secondary N) is 1. The van der Waals surface area contributed by atoms with Crippen LogP contribution in [-0.4, -0.2) is 34.4 Å². The van der Waals surface area contributed by atoms with Gasteiger partial charge in [0.05, 0.1) is 25.8 Å². The number of aromatic nitrogens is 3. The molecule has 2 aromatic rings. The van der Waals surface area contributed by atoms with Gasteiger partial charge in [-0.3, -0.25) is 9.48 Å². The molecule has 0 spiro atoms. The molecule has 0 saturated carbocycles. The van der Waals surface area contributed by atoms with Gasteiger partial charge >= 0.3 is 5.97 Å². The number of thiazole rings is 1. The van der Waals surface area contributed by atoms with Gasteiger partial charge in [-0.05, 0) is 6.07 Å². The van der Waals surface area contributed by atoms with Gasteiger partial charge in [-0.25, -0.2) is 4.98 Å². The molecule has 2 heterocycles. The van der Waals surface area contributed by atoms with E-state index in [1.165, 1.54) is 18.4 Å². The lowest BCUT2D eigenvalue weighted by atomic mass is 10.3. The highest BCUT2D eigenvalue weighted by Gasteiger charge is 2.07. The first kappa shape index (κ1) is 12.6. The van der Waals surface area contributed by atoms with Gasteiger partial charge in [-0.2, -0.15) is 5.10 Å². The Morgan fingerprint density at radius 1 is 1.61 bits per heavy atom. The van der Waals surface area contributed by atoms with Crippen LogP contribution in [0.1, 0.15) is 5.69 Å². The number of carbonyl (C=O) groups is 1. The summed E-state index contributed by atoms with van der Waals surface area (Å²) in [6, 6.07) is 1.89. The smallest absolute Gasteiger partial charge is 0.311 e. The fraction of sp³-hybridized carbons (Fsp3) is 0.364. The van der Waals surface area contributed by atoms with Crippen LogP contribution < -0.4 is 5.32 Å². The third-order valence-electron chi connectivity index (χ3n) is 2.28. The van der Waals surface area contributed by atoms with Crippen LogP contribution in [0.5, 0.6) is 0 Å². The highest BCUT2D eigenvalue weighted by atomic mass is 32.1. The molecule has 18 heavy (non-hydrogen) atoms. The van der Waals surface area contributed by atoms with E-state index in [1.807, 2.05) is 22.3 Å². The lowest BCUT2D eigenvalue weighted by Crippen LogP contribution is -2.11. The lowest BCUT2D eigenvalue weighted by molar-refractivity contribution is -0.139. The van der Waals surface area contributed by atoms with Crippen LogP contribution in [0.2, 0.25) is 0 Å². The van der Waals surface area contributed by atoms with Crippen molar-refractivity contribution in [3.8, 4) is 0 Å². The summed E-state index contributed by atoms with van der Waals surface area (Å²) in [5.74, 6) is -0.275. The molecule has 0 bridgehead atoms. The lowest BCUT2D eigenvalue weighted by Gasteiger charge is -2.02. The van der Waals surface area contributed by atoms with Gasteiger partial charge in [0.15, 0.2) is 5.13 Å². The highest BCUT2D eigenvalue weighted by molar-refractivity contribution is 7.13. The average Bonchev–Trinajstić information content (AvgIpc) is 3.01.